The number of hydrogen-bond donors (Lipinski definition) is 1. The second-order valence-corrected chi connectivity index (χ2v) is 4.34. The maximum Gasteiger partial charge on any atom is 0.416 e. The van der Waals surface area contributed by atoms with Crippen LogP contribution in [0.5, 0.6) is 0 Å². The van der Waals surface area contributed by atoms with Crippen LogP contribution in [0.25, 0.3) is 0 Å². The Kier molecular flexibility index (Phi) is 3.51. The lowest BCUT2D eigenvalue weighted by Gasteiger charge is -2.11. The highest BCUT2D eigenvalue weighted by Crippen LogP contribution is 2.38. The summed E-state index contributed by atoms with van der Waals surface area (Å²) in [6.07, 6.45) is -2.76. The molecule has 0 amide bonds. The monoisotopic (exact) mass is 253 g/mol. The number of halogens is 3. The van der Waals surface area contributed by atoms with Gasteiger partial charge in [-0.05, 0) is 37.1 Å². The zero-order valence-electron chi connectivity index (χ0n) is 10.1. The first-order chi connectivity index (χ1) is 8.52. The highest BCUT2D eigenvalue weighted by Gasteiger charge is 2.33. The fourth-order valence-corrected chi connectivity index (χ4v) is 2.21. The first-order valence-electron chi connectivity index (χ1n) is 5.87. The molecule has 2 rings (SSSR count). The first kappa shape index (κ1) is 12.8. The van der Waals surface area contributed by atoms with Gasteiger partial charge in [-0.25, -0.2) is 0 Å². The second kappa shape index (κ2) is 4.93. The van der Waals surface area contributed by atoms with E-state index >= 15 is 0 Å². The molecular weight excluding hydrogens is 239 g/mol. The summed E-state index contributed by atoms with van der Waals surface area (Å²) in [5, 5.41) is 3.14. The van der Waals surface area contributed by atoms with Crippen LogP contribution < -0.4 is 5.32 Å². The van der Waals surface area contributed by atoms with Crippen LogP contribution in [0.2, 0.25) is 0 Å². The van der Waals surface area contributed by atoms with Gasteiger partial charge in [0, 0.05) is 24.6 Å². The molecule has 1 N–H and O–H groups in total. The van der Waals surface area contributed by atoms with Crippen LogP contribution in [0, 0.1) is 11.8 Å². The molecule has 0 aromatic heterocycles. The number of nitrogens with one attached hydrogen (secondary N) is 1. The Morgan fingerprint density at radius 3 is 2.83 bits per heavy atom. The van der Waals surface area contributed by atoms with Gasteiger partial charge in [0.15, 0.2) is 0 Å². The van der Waals surface area contributed by atoms with Gasteiger partial charge in [-0.15, -0.1) is 11.8 Å². The van der Waals surface area contributed by atoms with Gasteiger partial charge in [-0.2, -0.15) is 13.2 Å². The Hall–Kier alpha value is -1.63. The van der Waals surface area contributed by atoms with Crippen molar-refractivity contribution in [1.29, 1.82) is 0 Å². The van der Waals surface area contributed by atoms with Crippen molar-refractivity contribution in [3.8, 4) is 11.8 Å². The standard InChI is InChI=1S/C14H14F3N/c1-2-3-4-5-10-9-18-13-7-6-11(8-12(10)13)14(15,16)17/h6-8,10,18H,4-5,9H2,1H3. The zero-order chi connectivity index (χ0) is 13.2. The van der Waals surface area contributed by atoms with Crippen molar-refractivity contribution in [2.75, 3.05) is 11.9 Å². The largest absolute Gasteiger partial charge is 0.416 e. The maximum absolute atomic E-state index is 12.6. The molecule has 0 saturated heterocycles. The lowest BCUT2D eigenvalue weighted by molar-refractivity contribution is -0.137. The van der Waals surface area contributed by atoms with E-state index in [-0.39, 0.29) is 5.92 Å². The molecule has 18 heavy (non-hydrogen) atoms. The summed E-state index contributed by atoms with van der Waals surface area (Å²) < 4.78 is 37.9. The molecule has 0 spiro atoms. The molecule has 1 heterocycles. The van der Waals surface area contributed by atoms with E-state index in [4.69, 9.17) is 0 Å². The molecule has 1 nitrogen and oxygen atoms in total. The quantitative estimate of drug-likeness (QED) is 0.785. The average molecular weight is 253 g/mol. The molecule has 96 valence electrons. The summed E-state index contributed by atoms with van der Waals surface area (Å²) in [7, 11) is 0. The minimum absolute atomic E-state index is 0.128. The van der Waals surface area contributed by atoms with Crippen molar-refractivity contribution in [3.05, 3.63) is 29.3 Å². The van der Waals surface area contributed by atoms with Gasteiger partial charge >= 0.3 is 6.18 Å². The van der Waals surface area contributed by atoms with Crippen LogP contribution in [0.4, 0.5) is 18.9 Å². The van der Waals surface area contributed by atoms with Crippen LogP contribution in [0.1, 0.15) is 36.8 Å². The molecule has 1 aliphatic rings. The summed E-state index contributed by atoms with van der Waals surface area (Å²) in [6, 6.07) is 3.91. The van der Waals surface area contributed by atoms with Crippen LogP contribution in [0.3, 0.4) is 0 Å². The summed E-state index contributed by atoms with van der Waals surface area (Å²) in [4.78, 5) is 0. The van der Waals surface area contributed by atoms with Crippen molar-refractivity contribution < 1.29 is 13.2 Å². The van der Waals surface area contributed by atoms with E-state index in [0.717, 1.165) is 30.2 Å². The predicted octanol–water partition coefficient (Wildman–Crippen LogP) is 4.02. The Balaban J connectivity index is 2.21. The van der Waals surface area contributed by atoms with Gasteiger partial charge in [-0.1, -0.05) is 0 Å². The van der Waals surface area contributed by atoms with Crippen LogP contribution in [-0.2, 0) is 6.18 Å². The topological polar surface area (TPSA) is 12.0 Å². The SMILES string of the molecule is CC#CCCC1CNc2ccc(C(F)(F)F)cc21. The van der Waals surface area contributed by atoms with Gasteiger partial charge in [0.05, 0.1) is 5.56 Å². The first-order valence-corrected chi connectivity index (χ1v) is 5.87. The number of alkyl halides is 3. The summed E-state index contributed by atoms with van der Waals surface area (Å²) >= 11 is 0. The maximum atomic E-state index is 12.6. The second-order valence-electron chi connectivity index (χ2n) is 4.34. The Bertz CT molecular complexity index is 494. The average Bonchev–Trinajstić information content (AvgIpc) is 2.71. The van der Waals surface area contributed by atoms with Crippen molar-refractivity contribution in [2.45, 2.75) is 31.9 Å². The van der Waals surface area contributed by atoms with Crippen molar-refractivity contribution in [1.82, 2.24) is 0 Å². The lowest BCUT2D eigenvalue weighted by Crippen LogP contribution is -2.06. The third kappa shape index (κ3) is 2.61. The van der Waals surface area contributed by atoms with Crippen LogP contribution in [0.15, 0.2) is 18.2 Å². The highest BCUT2D eigenvalue weighted by atomic mass is 19.4. The number of hydrogen-bond acceptors (Lipinski definition) is 1. The number of rotatable bonds is 2. The smallest absolute Gasteiger partial charge is 0.384 e. The van der Waals surface area contributed by atoms with Gasteiger partial charge in [0.2, 0.25) is 0 Å². The Morgan fingerprint density at radius 2 is 2.17 bits per heavy atom. The number of fused-ring (bicyclic) bond motifs is 1. The minimum Gasteiger partial charge on any atom is -0.384 e. The number of anilines is 1. The van der Waals surface area contributed by atoms with E-state index in [9.17, 15) is 13.2 Å². The molecule has 0 saturated carbocycles. The van der Waals surface area contributed by atoms with Crippen molar-refractivity contribution in [2.24, 2.45) is 0 Å². The van der Waals surface area contributed by atoms with Gasteiger partial charge in [-0.3, -0.25) is 0 Å². The van der Waals surface area contributed by atoms with Crippen molar-refractivity contribution >= 4 is 5.69 Å². The normalized spacial score (nSPS) is 17.7. The molecule has 1 unspecified atom stereocenters. The zero-order valence-corrected chi connectivity index (χ0v) is 10.1. The number of benzene rings is 1. The third-order valence-electron chi connectivity index (χ3n) is 3.15. The predicted molar refractivity (Wildman–Crippen MR) is 65.4 cm³/mol. The van der Waals surface area contributed by atoms with E-state index in [2.05, 4.69) is 17.2 Å². The van der Waals surface area contributed by atoms with E-state index in [0.29, 0.717) is 6.54 Å². The summed E-state index contributed by atoms with van der Waals surface area (Å²) in [5.74, 6) is 5.88. The Morgan fingerprint density at radius 1 is 1.39 bits per heavy atom. The molecule has 4 heteroatoms. The molecule has 1 atom stereocenters. The van der Waals surface area contributed by atoms with E-state index < -0.39 is 11.7 Å². The fraction of sp³-hybridized carbons (Fsp3) is 0.429. The summed E-state index contributed by atoms with van der Waals surface area (Å²) in [5.41, 5.74) is 1.01. The van der Waals surface area contributed by atoms with Crippen molar-refractivity contribution in [3.63, 3.8) is 0 Å². The minimum atomic E-state index is -4.27. The van der Waals surface area contributed by atoms with Gasteiger partial charge < -0.3 is 5.32 Å². The highest BCUT2D eigenvalue weighted by molar-refractivity contribution is 5.59. The third-order valence-corrected chi connectivity index (χ3v) is 3.15. The molecule has 0 bridgehead atoms. The molecule has 1 aromatic carbocycles. The van der Waals surface area contributed by atoms with Gasteiger partial charge in [0.25, 0.3) is 0 Å². The molecule has 0 radical (unpaired) electrons. The van der Waals surface area contributed by atoms with Crippen LogP contribution in [-0.4, -0.2) is 6.54 Å². The molecule has 0 fully saturated rings. The molecule has 0 aliphatic carbocycles. The lowest BCUT2D eigenvalue weighted by atomic mass is 9.95. The molecular formula is C14H14F3N. The van der Waals surface area contributed by atoms with E-state index in [1.807, 2.05) is 0 Å². The summed E-state index contributed by atoms with van der Waals surface area (Å²) in [6.45, 7) is 2.46. The molecule has 1 aromatic rings. The fourth-order valence-electron chi connectivity index (χ4n) is 2.21. The molecule has 1 aliphatic heterocycles. The van der Waals surface area contributed by atoms with E-state index in [1.54, 1.807) is 6.92 Å². The van der Waals surface area contributed by atoms with Gasteiger partial charge in [0.1, 0.15) is 0 Å². The van der Waals surface area contributed by atoms with Crippen LogP contribution >= 0.6 is 0 Å². The van der Waals surface area contributed by atoms with E-state index in [1.165, 1.54) is 12.1 Å². The Labute approximate surface area is 104 Å².